The summed E-state index contributed by atoms with van der Waals surface area (Å²) in [7, 11) is 0. The fourth-order valence-corrected chi connectivity index (χ4v) is 6.84. The molecule has 2 saturated heterocycles. The number of likely N-dealkylation sites (tertiary alicyclic amines) is 2. The smallest absolute Gasteiger partial charge is 0.308 e. The number of benzene rings is 2. The number of hydrogen-bond acceptors (Lipinski definition) is 6. The predicted molar refractivity (Wildman–Crippen MR) is 162 cm³/mol. The Morgan fingerprint density at radius 3 is 2.76 bits per heavy atom. The number of carboxylic acid groups (broad SMARTS) is 1. The Labute approximate surface area is 248 Å². The molecule has 0 saturated carbocycles. The molecule has 1 unspecified atom stereocenters. The van der Waals surface area contributed by atoms with Crippen molar-refractivity contribution < 1.29 is 24.2 Å². The highest BCUT2D eigenvalue weighted by Gasteiger charge is 2.47. The number of anilines is 1. The zero-order chi connectivity index (χ0) is 29.6. The number of nitrogens with two attached hydrogens (primary N) is 1. The van der Waals surface area contributed by atoms with E-state index in [-0.39, 0.29) is 30.3 Å². The zero-order valence-corrected chi connectivity index (χ0v) is 24.7. The number of piperidine rings is 1. The number of carbonyl (C=O) groups excluding carboxylic acids is 2. The summed E-state index contributed by atoms with van der Waals surface area (Å²) in [5, 5.41) is 10.6. The van der Waals surface area contributed by atoms with Crippen LogP contribution in [-0.2, 0) is 27.3 Å². The van der Waals surface area contributed by atoms with E-state index in [1.54, 1.807) is 0 Å². The van der Waals surface area contributed by atoms with Gasteiger partial charge in [0.25, 0.3) is 0 Å². The first kappa shape index (κ1) is 30.0. The first-order valence-electron chi connectivity index (χ1n) is 15.5. The molecule has 2 fully saturated rings. The summed E-state index contributed by atoms with van der Waals surface area (Å²) < 4.78 is 5.70. The van der Waals surface area contributed by atoms with Gasteiger partial charge in [-0.25, -0.2) is 0 Å². The molecule has 0 spiro atoms. The van der Waals surface area contributed by atoms with Crippen molar-refractivity contribution in [3.05, 3.63) is 59.2 Å². The molecule has 9 heteroatoms. The van der Waals surface area contributed by atoms with Crippen LogP contribution in [0, 0.1) is 5.92 Å². The summed E-state index contributed by atoms with van der Waals surface area (Å²) in [6, 6.07) is 13.4. The molecule has 2 amide bonds. The van der Waals surface area contributed by atoms with Crippen LogP contribution in [0.1, 0.15) is 68.1 Å². The standard InChI is InChI=1S/C33H44N4O5/c1-2-3-15-37(26-8-6-7-23(18-26)20-34)31(39)22-36-21-27(24-10-11-29-25(19-24)13-17-42-29)32(33(40)41)28(36)12-16-35-14-5-4-9-30(35)38/h6-8,10-11,18-19,27-28,32H,2-5,9,12-17,20-22,34H2,1H3,(H,40,41)/t27-,28+,32?/m1/s1. The van der Waals surface area contributed by atoms with E-state index < -0.39 is 11.9 Å². The molecule has 3 atom stereocenters. The van der Waals surface area contributed by atoms with E-state index in [9.17, 15) is 19.5 Å². The number of carboxylic acids is 1. The van der Waals surface area contributed by atoms with Crippen LogP contribution in [0.5, 0.6) is 5.75 Å². The highest BCUT2D eigenvalue weighted by Crippen LogP contribution is 2.41. The number of aliphatic carboxylic acids is 1. The average Bonchev–Trinajstić information content (AvgIpc) is 3.61. The van der Waals surface area contributed by atoms with Crippen molar-refractivity contribution in [2.75, 3.05) is 44.2 Å². The van der Waals surface area contributed by atoms with Gasteiger partial charge < -0.3 is 25.4 Å². The third-order valence-corrected chi connectivity index (χ3v) is 9.12. The van der Waals surface area contributed by atoms with Gasteiger partial charge in [-0.15, -0.1) is 0 Å². The minimum absolute atomic E-state index is 0.0520. The normalized spacial score (nSPS) is 22.2. The van der Waals surface area contributed by atoms with Crippen LogP contribution in [-0.4, -0.2) is 78.1 Å². The summed E-state index contributed by atoms with van der Waals surface area (Å²) in [5.74, 6) is -0.879. The molecule has 42 heavy (non-hydrogen) atoms. The number of carbonyl (C=O) groups is 3. The Morgan fingerprint density at radius 1 is 1.14 bits per heavy atom. The number of unbranched alkanes of at least 4 members (excludes halogenated alkanes) is 1. The molecule has 3 heterocycles. The molecule has 3 aliphatic heterocycles. The second kappa shape index (κ2) is 13.7. The minimum Gasteiger partial charge on any atom is -0.493 e. The maximum Gasteiger partial charge on any atom is 0.308 e. The SMILES string of the molecule is CCCCN(C(=O)CN1C[C@H](c2ccc3c(c2)CCO3)C(C(=O)O)[C@@H]1CCN1CCCCC1=O)c1cccc(CN)c1. The highest BCUT2D eigenvalue weighted by atomic mass is 16.5. The van der Waals surface area contributed by atoms with Crippen LogP contribution >= 0.6 is 0 Å². The van der Waals surface area contributed by atoms with Gasteiger partial charge in [0.05, 0.1) is 19.1 Å². The Balaban J connectivity index is 1.43. The monoisotopic (exact) mass is 576 g/mol. The number of fused-ring (bicyclic) bond motifs is 1. The van der Waals surface area contributed by atoms with Gasteiger partial charge in [0.2, 0.25) is 11.8 Å². The van der Waals surface area contributed by atoms with Crippen molar-refractivity contribution in [2.24, 2.45) is 11.7 Å². The maximum atomic E-state index is 14.0. The molecule has 0 radical (unpaired) electrons. The van der Waals surface area contributed by atoms with Crippen molar-refractivity contribution in [1.82, 2.24) is 9.80 Å². The lowest BCUT2D eigenvalue weighted by atomic mass is 9.83. The van der Waals surface area contributed by atoms with Gasteiger partial charge in [0, 0.05) is 63.2 Å². The van der Waals surface area contributed by atoms with Gasteiger partial charge in [-0.2, -0.15) is 0 Å². The average molecular weight is 577 g/mol. The lowest BCUT2D eigenvalue weighted by Crippen LogP contribution is -2.46. The molecule has 2 aromatic rings. The maximum absolute atomic E-state index is 14.0. The number of rotatable bonds is 12. The fourth-order valence-electron chi connectivity index (χ4n) is 6.84. The summed E-state index contributed by atoms with van der Waals surface area (Å²) in [5.41, 5.74) is 9.74. The van der Waals surface area contributed by atoms with E-state index >= 15 is 0 Å². The molecule has 0 bridgehead atoms. The highest BCUT2D eigenvalue weighted by molar-refractivity contribution is 5.95. The van der Waals surface area contributed by atoms with Crippen molar-refractivity contribution in [3.8, 4) is 5.75 Å². The predicted octanol–water partition coefficient (Wildman–Crippen LogP) is 3.78. The van der Waals surface area contributed by atoms with Gasteiger partial charge in [0.15, 0.2) is 0 Å². The zero-order valence-electron chi connectivity index (χ0n) is 24.7. The minimum atomic E-state index is -0.861. The largest absolute Gasteiger partial charge is 0.493 e. The molecule has 0 aliphatic carbocycles. The van der Waals surface area contributed by atoms with Crippen molar-refractivity contribution in [3.63, 3.8) is 0 Å². The summed E-state index contributed by atoms with van der Waals surface area (Å²) in [4.78, 5) is 45.2. The number of amides is 2. The molecule has 5 rings (SSSR count). The third kappa shape index (κ3) is 6.63. The first-order valence-corrected chi connectivity index (χ1v) is 15.5. The van der Waals surface area contributed by atoms with Crippen LogP contribution in [0.4, 0.5) is 5.69 Å². The molecule has 0 aromatic heterocycles. The van der Waals surface area contributed by atoms with Crippen molar-refractivity contribution in [1.29, 1.82) is 0 Å². The van der Waals surface area contributed by atoms with Gasteiger partial charge in [-0.3, -0.25) is 19.3 Å². The van der Waals surface area contributed by atoms with Crippen molar-refractivity contribution in [2.45, 2.75) is 70.4 Å². The molecule has 226 valence electrons. The van der Waals surface area contributed by atoms with Crippen molar-refractivity contribution >= 4 is 23.5 Å². The van der Waals surface area contributed by atoms with Crippen LogP contribution in [0.15, 0.2) is 42.5 Å². The lowest BCUT2D eigenvalue weighted by molar-refractivity contribution is -0.143. The van der Waals surface area contributed by atoms with Crippen LogP contribution in [0.2, 0.25) is 0 Å². The number of ether oxygens (including phenoxy) is 1. The molecular formula is C33H44N4O5. The topological polar surface area (TPSA) is 116 Å². The second-order valence-electron chi connectivity index (χ2n) is 11.8. The van der Waals surface area contributed by atoms with Crippen LogP contribution < -0.4 is 15.4 Å². The van der Waals surface area contributed by atoms with Crippen LogP contribution in [0.25, 0.3) is 0 Å². The Kier molecular flexibility index (Phi) is 9.80. The third-order valence-electron chi connectivity index (χ3n) is 9.12. The van der Waals surface area contributed by atoms with Crippen LogP contribution in [0.3, 0.4) is 0 Å². The number of nitrogens with zero attached hydrogens (tertiary/aromatic N) is 3. The Hall–Kier alpha value is -3.43. The first-order chi connectivity index (χ1) is 20.4. The number of hydrogen-bond donors (Lipinski definition) is 2. The Bertz CT molecular complexity index is 1280. The molecule has 9 nitrogen and oxygen atoms in total. The molecular weight excluding hydrogens is 532 g/mol. The van der Waals surface area contributed by atoms with Gasteiger partial charge >= 0.3 is 5.97 Å². The lowest BCUT2D eigenvalue weighted by Gasteiger charge is -2.32. The molecule has 2 aromatic carbocycles. The summed E-state index contributed by atoms with van der Waals surface area (Å²) >= 11 is 0. The van der Waals surface area contributed by atoms with E-state index in [0.717, 1.165) is 60.2 Å². The molecule has 3 aliphatic rings. The quantitative estimate of drug-likeness (QED) is 0.395. The second-order valence-corrected chi connectivity index (χ2v) is 11.8. The van der Waals surface area contributed by atoms with E-state index in [2.05, 4.69) is 17.9 Å². The summed E-state index contributed by atoms with van der Waals surface area (Å²) in [6.07, 6.45) is 5.54. The Morgan fingerprint density at radius 2 is 2.00 bits per heavy atom. The molecule has 3 N–H and O–H groups in total. The van der Waals surface area contributed by atoms with E-state index in [4.69, 9.17) is 10.5 Å². The van der Waals surface area contributed by atoms with Gasteiger partial charge in [-0.05, 0) is 60.6 Å². The summed E-state index contributed by atoms with van der Waals surface area (Å²) in [6.45, 7) is 5.50. The van der Waals surface area contributed by atoms with E-state index in [1.807, 2.05) is 46.2 Å². The van der Waals surface area contributed by atoms with E-state index in [1.165, 1.54) is 0 Å². The van der Waals surface area contributed by atoms with Gasteiger partial charge in [-0.1, -0.05) is 37.6 Å². The fraction of sp³-hybridized carbons (Fsp3) is 0.545. The van der Waals surface area contributed by atoms with E-state index in [0.29, 0.717) is 52.2 Å². The van der Waals surface area contributed by atoms with Gasteiger partial charge in [0.1, 0.15) is 5.75 Å².